The summed E-state index contributed by atoms with van der Waals surface area (Å²) < 4.78 is 13.0. The average Bonchev–Trinajstić information content (AvgIpc) is 3.31. The van der Waals surface area contributed by atoms with E-state index in [-0.39, 0.29) is 0 Å². The van der Waals surface area contributed by atoms with Crippen molar-refractivity contribution in [3.63, 3.8) is 0 Å². The predicted molar refractivity (Wildman–Crippen MR) is 183 cm³/mol. The number of benzene rings is 5. The fraction of sp³-hybridized carbons (Fsp3) is 0.154. The molecule has 0 saturated carbocycles. The minimum Gasteiger partial charge on any atom is -0.399 e. The third-order valence-corrected chi connectivity index (χ3v) is 8.80. The molecule has 6 heteroatoms. The van der Waals surface area contributed by atoms with Crippen molar-refractivity contribution in [2.45, 2.75) is 38.9 Å². The van der Waals surface area contributed by atoms with E-state index in [0.29, 0.717) is 17.5 Å². The van der Waals surface area contributed by atoms with Crippen LogP contribution in [0.2, 0.25) is 0 Å². The van der Waals surface area contributed by atoms with Crippen molar-refractivity contribution >= 4 is 12.6 Å². The Bertz CT molecular complexity index is 1860. The minimum absolute atomic E-state index is 0.476. The van der Waals surface area contributed by atoms with Gasteiger partial charge in [-0.05, 0) is 67.5 Å². The smallest absolute Gasteiger partial charge is 0.399 e. The number of rotatable bonds is 6. The number of hydrogen-bond donors (Lipinski definition) is 0. The van der Waals surface area contributed by atoms with Gasteiger partial charge in [-0.1, -0.05) is 121 Å². The highest BCUT2D eigenvalue weighted by molar-refractivity contribution is 6.63. The molecule has 5 aromatic carbocycles. The predicted octanol–water partition coefficient (Wildman–Crippen LogP) is 8.51. The van der Waals surface area contributed by atoms with Crippen LogP contribution in [-0.4, -0.2) is 33.3 Å². The van der Waals surface area contributed by atoms with E-state index in [1.807, 2.05) is 60.7 Å². The second-order valence-electron chi connectivity index (χ2n) is 12.4. The Labute approximate surface area is 265 Å². The monoisotopic (exact) mass is 587 g/mol. The molecule has 0 bridgehead atoms. The van der Waals surface area contributed by atoms with Crippen LogP contribution < -0.4 is 5.46 Å². The molecule has 6 aromatic rings. The van der Waals surface area contributed by atoms with E-state index >= 15 is 0 Å². The molecule has 0 amide bonds. The number of hydrogen-bond acceptors (Lipinski definition) is 5. The fourth-order valence-electron chi connectivity index (χ4n) is 5.57. The van der Waals surface area contributed by atoms with E-state index in [1.54, 1.807) is 0 Å². The highest BCUT2D eigenvalue weighted by atomic mass is 16.7. The normalized spacial score (nSPS) is 15.2. The highest BCUT2D eigenvalue weighted by Crippen LogP contribution is 2.37. The summed E-state index contributed by atoms with van der Waals surface area (Å²) in [6.45, 7) is 8.25. The lowest BCUT2D eigenvalue weighted by Crippen LogP contribution is -2.41. The molecule has 7 rings (SSSR count). The summed E-state index contributed by atoms with van der Waals surface area (Å²) in [6.07, 6.45) is 0. The van der Waals surface area contributed by atoms with Gasteiger partial charge in [0, 0.05) is 16.7 Å². The second-order valence-corrected chi connectivity index (χ2v) is 12.4. The van der Waals surface area contributed by atoms with Crippen LogP contribution in [0.1, 0.15) is 27.7 Å². The van der Waals surface area contributed by atoms with Gasteiger partial charge in [-0.25, -0.2) is 15.0 Å². The summed E-state index contributed by atoms with van der Waals surface area (Å²) in [5, 5.41) is 0. The third-order valence-electron chi connectivity index (χ3n) is 8.80. The zero-order valence-corrected chi connectivity index (χ0v) is 25.9. The molecule has 1 fully saturated rings. The van der Waals surface area contributed by atoms with Crippen molar-refractivity contribution < 1.29 is 9.31 Å². The van der Waals surface area contributed by atoms with Crippen LogP contribution in [0.5, 0.6) is 0 Å². The first-order valence-corrected chi connectivity index (χ1v) is 15.3. The maximum Gasteiger partial charge on any atom is 0.495 e. The van der Waals surface area contributed by atoms with Crippen LogP contribution in [-0.2, 0) is 9.31 Å². The summed E-state index contributed by atoms with van der Waals surface area (Å²) in [5.41, 5.74) is 7.06. The first-order valence-electron chi connectivity index (χ1n) is 15.3. The van der Waals surface area contributed by atoms with Crippen LogP contribution >= 0.6 is 0 Å². The summed E-state index contributed by atoms with van der Waals surface area (Å²) in [4.78, 5) is 15.2. The molecule has 0 spiro atoms. The zero-order chi connectivity index (χ0) is 31.0. The fourth-order valence-corrected chi connectivity index (χ4v) is 5.57. The van der Waals surface area contributed by atoms with Crippen molar-refractivity contribution in [1.29, 1.82) is 0 Å². The first kappa shape index (κ1) is 28.8. The summed E-state index contributed by atoms with van der Waals surface area (Å²) >= 11 is 0. The molecule has 0 N–H and O–H groups in total. The molecule has 0 radical (unpaired) electrons. The Kier molecular flexibility index (Phi) is 7.40. The maximum absolute atomic E-state index is 6.48. The van der Waals surface area contributed by atoms with Crippen molar-refractivity contribution in [2.24, 2.45) is 0 Å². The number of aromatic nitrogens is 3. The van der Waals surface area contributed by atoms with Crippen molar-refractivity contribution in [3.05, 3.63) is 133 Å². The summed E-state index contributed by atoms with van der Waals surface area (Å²) in [5.74, 6) is 1.76. The maximum atomic E-state index is 6.48. The van der Waals surface area contributed by atoms with Gasteiger partial charge in [0.1, 0.15) is 0 Å². The summed E-state index contributed by atoms with van der Waals surface area (Å²) in [7, 11) is -0.558. The van der Waals surface area contributed by atoms with Gasteiger partial charge in [0.25, 0.3) is 0 Å². The molecule has 1 saturated heterocycles. The standard InChI is InChI=1S/C39H34BN3O2/c1-38(2)39(3,4)45-40(44-38)34-24-12-11-23-33(34)37-42-35(31-21-13-19-29(25-31)27-15-7-5-8-16-27)41-36(43-37)32-22-14-20-30(26-32)28-17-9-6-10-18-28/h5-26H,1-4H3. The highest BCUT2D eigenvalue weighted by Gasteiger charge is 2.52. The Morgan fingerprint density at radius 1 is 0.422 bits per heavy atom. The number of nitrogens with zero attached hydrogens (tertiary/aromatic N) is 3. The topological polar surface area (TPSA) is 57.1 Å². The SMILES string of the molecule is CC1(C)OB(c2ccccc2-c2nc(-c3cccc(-c4ccccc4)c3)nc(-c3cccc(-c4ccccc4)c3)n2)OC1(C)C. The van der Waals surface area contributed by atoms with E-state index in [1.165, 1.54) is 0 Å². The van der Waals surface area contributed by atoms with E-state index in [0.717, 1.165) is 44.4 Å². The lowest BCUT2D eigenvalue weighted by atomic mass is 9.75. The first-order chi connectivity index (χ1) is 21.8. The molecule has 1 aliphatic rings. The van der Waals surface area contributed by atoms with E-state index in [9.17, 15) is 0 Å². The van der Waals surface area contributed by atoms with Crippen molar-refractivity contribution in [1.82, 2.24) is 15.0 Å². The van der Waals surface area contributed by atoms with Gasteiger partial charge < -0.3 is 9.31 Å². The molecular weight excluding hydrogens is 553 g/mol. The lowest BCUT2D eigenvalue weighted by Gasteiger charge is -2.32. The van der Waals surface area contributed by atoms with Gasteiger partial charge in [-0.2, -0.15) is 0 Å². The Hall–Kier alpha value is -4.91. The molecule has 1 aromatic heterocycles. The van der Waals surface area contributed by atoms with Crippen molar-refractivity contribution in [3.8, 4) is 56.4 Å². The van der Waals surface area contributed by atoms with Crippen LogP contribution in [0, 0.1) is 0 Å². The van der Waals surface area contributed by atoms with Crippen LogP contribution in [0.4, 0.5) is 0 Å². The van der Waals surface area contributed by atoms with Gasteiger partial charge in [0.15, 0.2) is 17.5 Å². The van der Waals surface area contributed by atoms with Gasteiger partial charge >= 0.3 is 7.12 Å². The Morgan fingerprint density at radius 2 is 0.822 bits per heavy atom. The average molecular weight is 588 g/mol. The molecule has 0 atom stereocenters. The Morgan fingerprint density at radius 3 is 1.33 bits per heavy atom. The van der Waals surface area contributed by atoms with Crippen LogP contribution in [0.25, 0.3) is 56.4 Å². The third kappa shape index (κ3) is 5.71. The largest absolute Gasteiger partial charge is 0.495 e. The van der Waals surface area contributed by atoms with Crippen LogP contribution in [0.3, 0.4) is 0 Å². The van der Waals surface area contributed by atoms with Gasteiger partial charge in [0.2, 0.25) is 0 Å². The molecule has 1 aliphatic heterocycles. The van der Waals surface area contributed by atoms with Gasteiger partial charge in [-0.15, -0.1) is 0 Å². The zero-order valence-electron chi connectivity index (χ0n) is 25.9. The van der Waals surface area contributed by atoms with Gasteiger partial charge in [-0.3, -0.25) is 0 Å². The Balaban J connectivity index is 1.39. The quantitative estimate of drug-likeness (QED) is 0.183. The molecule has 5 nitrogen and oxygen atoms in total. The van der Waals surface area contributed by atoms with Gasteiger partial charge in [0.05, 0.1) is 11.2 Å². The van der Waals surface area contributed by atoms with E-state index in [4.69, 9.17) is 24.3 Å². The van der Waals surface area contributed by atoms with E-state index in [2.05, 4.69) is 100 Å². The molecule has 45 heavy (non-hydrogen) atoms. The molecular formula is C39H34BN3O2. The molecule has 2 heterocycles. The van der Waals surface area contributed by atoms with Crippen LogP contribution in [0.15, 0.2) is 133 Å². The molecule has 0 unspecified atom stereocenters. The second kappa shape index (κ2) is 11.5. The molecule has 0 aliphatic carbocycles. The molecule has 220 valence electrons. The van der Waals surface area contributed by atoms with Crippen molar-refractivity contribution in [2.75, 3.05) is 0 Å². The van der Waals surface area contributed by atoms with E-state index < -0.39 is 18.3 Å². The minimum atomic E-state index is -0.558. The lowest BCUT2D eigenvalue weighted by molar-refractivity contribution is 0.00578. The summed E-state index contributed by atoms with van der Waals surface area (Å²) in [6, 6.07) is 45.5.